The Balaban J connectivity index is 1.60. The van der Waals surface area contributed by atoms with Crippen LogP contribution in [0.4, 0.5) is 0 Å². The summed E-state index contributed by atoms with van der Waals surface area (Å²) in [6.07, 6.45) is 1.62. The SMILES string of the molecule is C[C@@H]1NC(=O)[C@@H]2C[C@H](n3cc(CN(C)C)nn3)CN2C(=O)[C@@H]2C[C@@H](CN2C)NC(=O)C[C@@H]1O. The Morgan fingerprint density at radius 2 is 1.91 bits per heavy atom. The number of aromatic nitrogens is 3. The molecule has 12 nitrogen and oxygen atoms in total. The monoisotopic (exact) mass is 462 g/mol. The van der Waals surface area contributed by atoms with Crippen molar-refractivity contribution in [3.8, 4) is 0 Å². The summed E-state index contributed by atoms with van der Waals surface area (Å²) in [7, 11) is 5.76. The Morgan fingerprint density at radius 1 is 1.15 bits per heavy atom. The molecule has 0 unspecified atom stereocenters. The zero-order valence-corrected chi connectivity index (χ0v) is 19.6. The lowest BCUT2D eigenvalue weighted by atomic mass is 10.1. The van der Waals surface area contributed by atoms with E-state index in [1.54, 1.807) is 16.5 Å². The van der Waals surface area contributed by atoms with E-state index >= 15 is 0 Å². The largest absolute Gasteiger partial charge is 0.390 e. The Morgan fingerprint density at radius 3 is 2.64 bits per heavy atom. The molecule has 1 aromatic rings. The minimum absolute atomic E-state index is 0.106. The van der Waals surface area contributed by atoms with Crippen molar-refractivity contribution in [2.45, 2.75) is 69.0 Å². The number of aliphatic hydroxyl groups excluding tert-OH is 1. The first-order chi connectivity index (χ1) is 15.6. The highest BCUT2D eigenvalue weighted by molar-refractivity contribution is 5.91. The third-order valence-corrected chi connectivity index (χ3v) is 6.81. The Bertz CT molecular complexity index is 905. The molecule has 182 valence electrons. The third kappa shape index (κ3) is 5.02. The van der Waals surface area contributed by atoms with E-state index in [2.05, 4.69) is 20.9 Å². The molecule has 12 heteroatoms. The lowest BCUT2D eigenvalue weighted by Gasteiger charge is -2.30. The van der Waals surface area contributed by atoms with Crippen molar-refractivity contribution < 1.29 is 19.5 Å². The summed E-state index contributed by atoms with van der Waals surface area (Å²) >= 11 is 0. The second kappa shape index (κ2) is 9.35. The second-order valence-corrected chi connectivity index (χ2v) is 9.85. The van der Waals surface area contributed by atoms with E-state index in [0.29, 0.717) is 32.5 Å². The maximum Gasteiger partial charge on any atom is 0.243 e. The van der Waals surface area contributed by atoms with Crippen LogP contribution in [-0.4, -0.2) is 117 Å². The van der Waals surface area contributed by atoms with Gasteiger partial charge >= 0.3 is 0 Å². The second-order valence-electron chi connectivity index (χ2n) is 9.85. The van der Waals surface area contributed by atoms with Crippen molar-refractivity contribution in [2.24, 2.45) is 0 Å². The molecular weight excluding hydrogens is 428 g/mol. The Labute approximate surface area is 193 Å². The molecular formula is C21H34N8O4. The molecule has 0 aromatic carbocycles. The highest BCUT2D eigenvalue weighted by Gasteiger charge is 2.46. The molecule has 1 aromatic heterocycles. The highest BCUT2D eigenvalue weighted by atomic mass is 16.3. The van der Waals surface area contributed by atoms with Crippen molar-refractivity contribution in [1.29, 1.82) is 0 Å². The zero-order valence-electron chi connectivity index (χ0n) is 19.6. The molecule has 3 aliphatic heterocycles. The smallest absolute Gasteiger partial charge is 0.243 e. The molecule has 0 aliphatic carbocycles. The molecule has 3 N–H and O–H groups in total. The standard InChI is InChI=1S/C21H34N8O4/c1-12-18(30)7-19(31)23-13-5-17(27(4)9-13)21(33)28-11-15(6-16(28)20(32)22-12)29-10-14(24-25-29)8-26(2)3/h10,12-13,15-18,30H,5-9,11H2,1-4H3,(H,22,32)(H,23,31)/t12-,13-,15-,16-,17-,18-/m0/s1. The van der Waals surface area contributed by atoms with Gasteiger partial charge in [0.05, 0.1) is 42.5 Å². The first kappa shape index (κ1) is 23.6. The van der Waals surface area contributed by atoms with Crippen LogP contribution in [0.3, 0.4) is 0 Å². The fourth-order valence-electron chi connectivity index (χ4n) is 5.04. The average molecular weight is 463 g/mol. The fraction of sp³-hybridized carbons (Fsp3) is 0.762. The molecule has 0 spiro atoms. The van der Waals surface area contributed by atoms with Gasteiger partial charge in [0.25, 0.3) is 0 Å². The number of rotatable bonds is 3. The predicted octanol–water partition coefficient (Wildman–Crippen LogP) is -2.06. The van der Waals surface area contributed by atoms with E-state index in [1.165, 1.54) is 0 Å². The van der Waals surface area contributed by atoms with E-state index in [-0.39, 0.29) is 36.2 Å². The number of aliphatic hydroxyl groups is 1. The first-order valence-electron chi connectivity index (χ1n) is 11.5. The number of hydrogen-bond donors (Lipinski definition) is 3. The van der Waals surface area contributed by atoms with Crippen LogP contribution in [0.5, 0.6) is 0 Å². The number of amides is 3. The normalized spacial score (nSPS) is 33.9. The molecule has 3 fully saturated rings. The molecule has 3 amide bonds. The molecule has 4 heterocycles. The molecule has 0 saturated carbocycles. The van der Waals surface area contributed by atoms with E-state index < -0.39 is 24.2 Å². The predicted molar refractivity (Wildman–Crippen MR) is 118 cm³/mol. The Kier molecular flexibility index (Phi) is 6.68. The van der Waals surface area contributed by atoms with Crippen LogP contribution in [0, 0.1) is 0 Å². The quantitative estimate of drug-likeness (QED) is 0.467. The summed E-state index contributed by atoms with van der Waals surface area (Å²) in [4.78, 5) is 44.7. The third-order valence-electron chi connectivity index (χ3n) is 6.81. The topological polar surface area (TPSA) is 136 Å². The highest BCUT2D eigenvalue weighted by Crippen LogP contribution is 2.30. The minimum atomic E-state index is -1.02. The summed E-state index contributed by atoms with van der Waals surface area (Å²) in [6.45, 7) is 3.20. The van der Waals surface area contributed by atoms with E-state index in [9.17, 15) is 19.5 Å². The van der Waals surface area contributed by atoms with Gasteiger partial charge in [-0.1, -0.05) is 5.21 Å². The van der Waals surface area contributed by atoms with Gasteiger partial charge in [-0.3, -0.25) is 19.3 Å². The lowest BCUT2D eigenvalue weighted by molar-refractivity contribution is -0.142. The molecule has 4 rings (SSSR count). The number of fused-ring (bicyclic) bond motifs is 3. The number of hydrogen-bond acceptors (Lipinski definition) is 8. The van der Waals surface area contributed by atoms with Crippen LogP contribution in [0.2, 0.25) is 0 Å². The lowest BCUT2D eigenvalue weighted by Crippen LogP contribution is -2.54. The minimum Gasteiger partial charge on any atom is -0.390 e. The molecule has 33 heavy (non-hydrogen) atoms. The molecule has 0 radical (unpaired) electrons. The number of carbonyl (C=O) groups is 3. The van der Waals surface area contributed by atoms with Gasteiger partial charge in [-0.2, -0.15) is 0 Å². The summed E-state index contributed by atoms with van der Waals surface area (Å²) in [5, 5.41) is 24.7. The fourth-order valence-corrected chi connectivity index (χ4v) is 5.04. The van der Waals surface area contributed by atoms with Gasteiger partial charge in [0, 0.05) is 32.1 Å². The van der Waals surface area contributed by atoms with Crippen molar-refractivity contribution >= 4 is 17.7 Å². The summed E-state index contributed by atoms with van der Waals surface area (Å²) < 4.78 is 1.75. The van der Waals surface area contributed by atoms with Crippen molar-refractivity contribution in [3.63, 3.8) is 0 Å². The average Bonchev–Trinajstić information content (AvgIpc) is 3.44. The maximum absolute atomic E-state index is 13.6. The summed E-state index contributed by atoms with van der Waals surface area (Å²) in [5.74, 6) is -0.740. The molecule has 2 bridgehead atoms. The van der Waals surface area contributed by atoms with Gasteiger partial charge in [-0.05, 0) is 34.5 Å². The van der Waals surface area contributed by atoms with Crippen LogP contribution < -0.4 is 10.6 Å². The van der Waals surface area contributed by atoms with Crippen LogP contribution in [0.25, 0.3) is 0 Å². The summed E-state index contributed by atoms with van der Waals surface area (Å²) in [6, 6.07) is -2.09. The number of likely N-dealkylation sites (N-methyl/N-ethyl adjacent to an activating group) is 1. The number of nitrogens with one attached hydrogen (secondary N) is 2. The van der Waals surface area contributed by atoms with Crippen molar-refractivity contribution in [3.05, 3.63) is 11.9 Å². The van der Waals surface area contributed by atoms with Gasteiger partial charge in [-0.25, -0.2) is 4.68 Å². The van der Waals surface area contributed by atoms with Crippen LogP contribution >= 0.6 is 0 Å². The van der Waals surface area contributed by atoms with Gasteiger partial charge in [-0.15, -0.1) is 5.10 Å². The molecule has 3 aliphatic rings. The van der Waals surface area contributed by atoms with Crippen LogP contribution in [-0.2, 0) is 20.9 Å². The number of likely N-dealkylation sites (tertiary alicyclic amines) is 1. The van der Waals surface area contributed by atoms with Gasteiger partial charge < -0.3 is 25.5 Å². The van der Waals surface area contributed by atoms with Gasteiger partial charge in [0.1, 0.15) is 6.04 Å². The molecule has 3 saturated heterocycles. The molecule has 6 atom stereocenters. The van der Waals surface area contributed by atoms with Gasteiger partial charge in [0.2, 0.25) is 17.7 Å². The maximum atomic E-state index is 13.6. The van der Waals surface area contributed by atoms with E-state index in [1.807, 2.05) is 37.1 Å². The van der Waals surface area contributed by atoms with Crippen LogP contribution in [0.1, 0.15) is 37.9 Å². The first-order valence-corrected chi connectivity index (χ1v) is 11.5. The van der Waals surface area contributed by atoms with Crippen molar-refractivity contribution in [1.82, 2.24) is 40.3 Å². The number of nitrogens with zero attached hydrogens (tertiary/aromatic N) is 6. The van der Waals surface area contributed by atoms with Gasteiger partial charge in [0.15, 0.2) is 0 Å². The van der Waals surface area contributed by atoms with E-state index in [4.69, 9.17) is 0 Å². The summed E-state index contributed by atoms with van der Waals surface area (Å²) in [5.41, 5.74) is 0.818. The van der Waals surface area contributed by atoms with E-state index in [0.717, 1.165) is 5.69 Å². The zero-order chi connectivity index (χ0) is 23.9. The number of carbonyl (C=O) groups excluding carboxylic acids is 3. The Hall–Kier alpha value is -2.57. The van der Waals surface area contributed by atoms with Crippen LogP contribution in [0.15, 0.2) is 6.20 Å². The van der Waals surface area contributed by atoms with Crippen molar-refractivity contribution in [2.75, 3.05) is 34.2 Å².